The Hall–Kier alpha value is -2.41. The van der Waals surface area contributed by atoms with Gasteiger partial charge in [-0.1, -0.05) is 0 Å². The lowest BCUT2D eigenvalue weighted by Gasteiger charge is -2.08. The van der Waals surface area contributed by atoms with Gasteiger partial charge in [-0.2, -0.15) is 0 Å². The number of hydrogen-bond donors (Lipinski definition) is 3. The van der Waals surface area contributed by atoms with Crippen LogP contribution in [0.25, 0.3) is 0 Å². The molecule has 7 heteroatoms. The first kappa shape index (κ1) is 17.6. The number of nitrogens with one attached hydrogen (secondary N) is 3. The molecule has 0 aliphatic heterocycles. The van der Waals surface area contributed by atoms with E-state index in [-0.39, 0.29) is 24.3 Å². The van der Waals surface area contributed by atoms with E-state index in [1.54, 1.807) is 24.3 Å². The summed E-state index contributed by atoms with van der Waals surface area (Å²) in [6, 6.07) is 6.54. The number of carbonyl (C=O) groups is 3. The minimum Gasteiger partial charge on any atom is -0.372 e. The molecule has 22 heavy (non-hydrogen) atoms. The van der Waals surface area contributed by atoms with E-state index >= 15 is 0 Å². The third-order valence-electron chi connectivity index (χ3n) is 2.64. The fraction of sp³-hybridized carbons (Fsp3) is 0.400. The molecule has 0 aliphatic carbocycles. The molecule has 0 aromatic heterocycles. The van der Waals surface area contributed by atoms with Gasteiger partial charge in [0.05, 0.1) is 0 Å². The van der Waals surface area contributed by atoms with Crippen molar-refractivity contribution in [1.29, 1.82) is 0 Å². The molecule has 0 atom stereocenters. The standard InChI is InChI=1S/C15H21N3O4/c1-3-22-10-14(20)16-8-9-17-15(21)12-4-6-13(7-5-12)18-11(2)19/h4-7H,3,8-10H2,1-2H3,(H,16,20)(H,17,21)(H,18,19). The smallest absolute Gasteiger partial charge is 0.251 e. The van der Waals surface area contributed by atoms with Gasteiger partial charge in [0.1, 0.15) is 6.61 Å². The van der Waals surface area contributed by atoms with Crippen molar-refractivity contribution in [1.82, 2.24) is 10.6 Å². The van der Waals surface area contributed by atoms with E-state index in [0.29, 0.717) is 30.9 Å². The molecule has 0 fully saturated rings. The largest absolute Gasteiger partial charge is 0.372 e. The Kier molecular flexibility index (Phi) is 7.63. The monoisotopic (exact) mass is 307 g/mol. The fourth-order valence-corrected chi connectivity index (χ4v) is 1.63. The summed E-state index contributed by atoms with van der Waals surface area (Å²) in [4.78, 5) is 34.0. The lowest BCUT2D eigenvalue weighted by Crippen LogP contribution is -2.36. The third-order valence-corrected chi connectivity index (χ3v) is 2.64. The zero-order chi connectivity index (χ0) is 16.4. The van der Waals surface area contributed by atoms with E-state index in [1.165, 1.54) is 6.92 Å². The van der Waals surface area contributed by atoms with Crippen LogP contribution in [0.3, 0.4) is 0 Å². The molecule has 0 heterocycles. The number of rotatable bonds is 8. The van der Waals surface area contributed by atoms with Crippen LogP contribution >= 0.6 is 0 Å². The van der Waals surface area contributed by atoms with Crippen LogP contribution in [-0.2, 0) is 14.3 Å². The van der Waals surface area contributed by atoms with Crippen LogP contribution in [0.15, 0.2) is 24.3 Å². The molecule has 3 N–H and O–H groups in total. The molecule has 0 spiro atoms. The van der Waals surface area contributed by atoms with Crippen LogP contribution in [0.5, 0.6) is 0 Å². The Morgan fingerprint density at radius 1 is 1.05 bits per heavy atom. The highest BCUT2D eigenvalue weighted by Crippen LogP contribution is 2.09. The van der Waals surface area contributed by atoms with Crippen LogP contribution in [0.2, 0.25) is 0 Å². The first-order valence-corrected chi connectivity index (χ1v) is 7.03. The average Bonchev–Trinajstić information content (AvgIpc) is 2.49. The molecule has 1 rings (SSSR count). The highest BCUT2D eigenvalue weighted by atomic mass is 16.5. The summed E-state index contributed by atoms with van der Waals surface area (Å²) in [6.07, 6.45) is 0. The number of benzene rings is 1. The zero-order valence-electron chi connectivity index (χ0n) is 12.8. The van der Waals surface area contributed by atoms with Crippen molar-refractivity contribution >= 4 is 23.4 Å². The van der Waals surface area contributed by atoms with Crippen molar-refractivity contribution in [3.63, 3.8) is 0 Å². The SMILES string of the molecule is CCOCC(=O)NCCNC(=O)c1ccc(NC(C)=O)cc1. The second-order valence-electron chi connectivity index (χ2n) is 4.50. The summed E-state index contributed by atoms with van der Waals surface area (Å²) in [5.41, 5.74) is 1.11. The van der Waals surface area contributed by atoms with Gasteiger partial charge in [0.15, 0.2) is 0 Å². The minimum atomic E-state index is -0.242. The van der Waals surface area contributed by atoms with E-state index in [9.17, 15) is 14.4 Å². The maximum Gasteiger partial charge on any atom is 0.251 e. The lowest BCUT2D eigenvalue weighted by molar-refractivity contribution is -0.125. The number of carbonyl (C=O) groups excluding carboxylic acids is 3. The second kappa shape index (κ2) is 9.51. The molecule has 0 saturated carbocycles. The summed E-state index contributed by atoms with van der Waals surface area (Å²) < 4.78 is 4.95. The molecule has 3 amide bonds. The van der Waals surface area contributed by atoms with Gasteiger partial charge in [0.25, 0.3) is 5.91 Å². The van der Waals surface area contributed by atoms with Crippen molar-refractivity contribution < 1.29 is 19.1 Å². The normalized spacial score (nSPS) is 9.91. The van der Waals surface area contributed by atoms with Gasteiger partial charge in [0, 0.05) is 37.9 Å². The van der Waals surface area contributed by atoms with Crippen molar-refractivity contribution in [3.05, 3.63) is 29.8 Å². The van der Waals surface area contributed by atoms with E-state index < -0.39 is 0 Å². The maximum atomic E-state index is 11.9. The van der Waals surface area contributed by atoms with Gasteiger partial charge in [-0.15, -0.1) is 0 Å². The Balaban J connectivity index is 2.30. The maximum absolute atomic E-state index is 11.9. The van der Waals surface area contributed by atoms with E-state index in [4.69, 9.17) is 4.74 Å². The number of amides is 3. The molecular weight excluding hydrogens is 286 g/mol. The van der Waals surface area contributed by atoms with Crippen LogP contribution in [0, 0.1) is 0 Å². The summed E-state index contributed by atoms with van der Waals surface area (Å²) in [5, 5.41) is 7.94. The minimum absolute atomic E-state index is 0.0229. The van der Waals surface area contributed by atoms with Crippen LogP contribution in [0.1, 0.15) is 24.2 Å². The lowest BCUT2D eigenvalue weighted by atomic mass is 10.2. The van der Waals surface area contributed by atoms with Crippen LogP contribution in [-0.4, -0.2) is 44.0 Å². The van der Waals surface area contributed by atoms with Crippen molar-refractivity contribution in [3.8, 4) is 0 Å². The van der Waals surface area contributed by atoms with E-state index in [2.05, 4.69) is 16.0 Å². The van der Waals surface area contributed by atoms with Gasteiger partial charge in [-0.25, -0.2) is 0 Å². The van der Waals surface area contributed by atoms with E-state index in [0.717, 1.165) is 0 Å². The molecule has 0 saturated heterocycles. The summed E-state index contributed by atoms with van der Waals surface area (Å²) >= 11 is 0. The molecule has 120 valence electrons. The number of hydrogen-bond acceptors (Lipinski definition) is 4. The first-order chi connectivity index (χ1) is 10.5. The highest BCUT2D eigenvalue weighted by molar-refractivity contribution is 5.95. The fourth-order valence-electron chi connectivity index (χ4n) is 1.63. The van der Waals surface area contributed by atoms with Crippen LogP contribution in [0.4, 0.5) is 5.69 Å². The van der Waals surface area contributed by atoms with Gasteiger partial charge in [0.2, 0.25) is 11.8 Å². The molecular formula is C15H21N3O4. The highest BCUT2D eigenvalue weighted by Gasteiger charge is 2.05. The molecule has 0 bridgehead atoms. The number of ether oxygens (including phenoxy) is 1. The summed E-state index contributed by atoms with van der Waals surface area (Å²) in [5.74, 6) is -0.621. The average molecular weight is 307 g/mol. The molecule has 1 aromatic carbocycles. The quantitative estimate of drug-likeness (QED) is 0.610. The van der Waals surface area contributed by atoms with Crippen molar-refractivity contribution in [2.75, 3.05) is 31.6 Å². The Labute approximate surface area is 129 Å². The summed E-state index contributed by atoms with van der Waals surface area (Å²) in [6.45, 7) is 4.39. The molecule has 1 aromatic rings. The van der Waals surface area contributed by atoms with E-state index in [1.807, 2.05) is 6.92 Å². The molecule has 7 nitrogen and oxygen atoms in total. The summed E-state index contributed by atoms with van der Waals surface area (Å²) in [7, 11) is 0. The van der Waals surface area contributed by atoms with Crippen molar-refractivity contribution in [2.24, 2.45) is 0 Å². The third kappa shape index (κ3) is 6.85. The molecule has 0 aliphatic rings. The Morgan fingerprint density at radius 3 is 2.27 bits per heavy atom. The molecule has 0 radical (unpaired) electrons. The molecule has 0 unspecified atom stereocenters. The van der Waals surface area contributed by atoms with Gasteiger partial charge in [-0.05, 0) is 31.2 Å². The van der Waals surface area contributed by atoms with Gasteiger partial charge >= 0.3 is 0 Å². The number of anilines is 1. The Bertz CT molecular complexity index is 514. The Morgan fingerprint density at radius 2 is 1.68 bits per heavy atom. The first-order valence-electron chi connectivity index (χ1n) is 7.03. The zero-order valence-corrected chi connectivity index (χ0v) is 12.8. The second-order valence-corrected chi connectivity index (χ2v) is 4.50. The topological polar surface area (TPSA) is 96.5 Å². The van der Waals surface area contributed by atoms with Crippen molar-refractivity contribution in [2.45, 2.75) is 13.8 Å². The van der Waals surface area contributed by atoms with Crippen LogP contribution < -0.4 is 16.0 Å². The van der Waals surface area contributed by atoms with Gasteiger partial charge < -0.3 is 20.7 Å². The predicted molar refractivity (Wildman–Crippen MR) is 82.6 cm³/mol. The predicted octanol–water partition coefficient (Wildman–Crippen LogP) is 0.527. The van der Waals surface area contributed by atoms with Gasteiger partial charge in [-0.3, -0.25) is 14.4 Å².